The van der Waals surface area contributed by atoms with Gasteiger partial charge in [0.25, 0.3) is 0 Å². The van der Waals surface area contributed by atoms with Crippen LogP contribution in [0.2, 0.25) is 0 Å². The fraction of sp³-hybridized carbons (Fsp3) is 0.333. The second-order valence-electron chi connectivity index (χ2n) is 4.69. The van der Waals surface area contributed by atoms with Gasteiger partial charge in [-0.1, -0.05) is 28.8 Å². The average Bonchev–Trinajstić information content (AvgIpc) is 2.89. The molecule has 3 nitrogen and oxygen atoms in total. The molecule has 19 heavy (non-hydrogen) atoms. The molecule has 1 aromatic carbocycles. The predicted molar refractivity (Wildman–Crippen MR) is 78.0 cm³/mol. The van der Waals surface area contributed by atoms with Crippen LogP contribution in [0.25, 0.3) is 0 Å². The van der Waals surface area contributed by atoms with E-state index in [9.17, 15) is 9.59 Å². The first-order valence-corrected chi connectivity index (χ1v) is 7.23. The number of hydrogen-bond acceptors (Lipinski definition) is 2. The SMILES string of the molecule is O=C(/C=C/C(=O)c1ccc(Br)cc1)NC1CCCC1. The molecular weight excluding hydrogens is 306 g/mol. The first kappa shape index (κ1) is 14.0. The normalized spacial score (nSPS) is 15.8. The van der Waals surface area contributed by atoms with Crippen molar-refractivity contribution in [2.24, 2.45) is 0 Å². The Bertz CT molecular complexity index is 487. The summed E-state index contributed by atoms with van der Waals surface area (Å²) in [6.45, 7) is 0. The second-order valence-corrected chi connectivity index (χ2v) is 5.61. The summed E-state index contributed by atoms with van der Waals surface area (Å²) in [6, 6.07) is 7.34. The van der Waals surface area contributed by atoms with Gasteiger partial charge < -0.3 is 5.32 Å². The van der Waals surface area contributed by atoms with Crippen molar-refractivity contribution in [1.82, 2.24) is 5.32 Å². The Morgan fingerprint density at radius 3 is 2.37 bits per heavy atom. The maximum Gasteiger partial charge on any atom is 0.244 e. The zero-order valence-electron chi connectivity index (χ0n) is 10.6. The minimum Gasteiger partial charge on any atom is -0.350 e. The molecule has 1 saturated carbocycles. The van der Waals surface area contributed by atoms with E-state index in [0.29, 0.717) is 5.56 Å². The van der Waals surface area contributed by atoms with Gasteiger partial charge in [0.05, 0.1) is 0 Å². The van der Waals surface area contributed by atoms with Crippen molar-refractivity contribution in [3.8, 4) is 0 Å². The van der Waals surface area contributed by atoms with Crippen LogP contribution in [0.5, 0.6) is 0 Å². The van der Waals surface area contributed by atoms with Crippen molar-refractivity contribution in [3.05, 3.63) is 46.5 Å². The molecule has 100 valence electrons. The Morgan fingerprint density at radius 1 is 1.11 bits per heavy atom. The van der Waals surface area contributed by atoms with Crippen molar-refractivity contribution in [1.29, 1.82) is 0 Å². The van der Waals surface area contributed by atoms with Gasteiger partial charge in [-0.25, -0.2) is 0 Å². The average molecular weight is 322 g/mol. The van der Waals surface area contributed by atoms with Crippen LogP contribution in [-0.4, -0.2) is 17.7 Å². The van der Waals surface area contributed by atoms with Crippen LogP contribution < -0.4 is 5.32 Å². The first-order valence-electron chi connectivity index (χ1n) is 6.43. The molecule has 0 heterocycles. The number of ketones is 1. The number of carbonyl (C=O) groups excluding carboxylic acids is 2. The molecule has 1 N–H and O–H groups in total. The Morgan fingerprint density at radius 2 is 1.74 bits per heavy atom. The number of carbonyl (C=O) groups is 2. The summed E-state index contributed by atoms with van der Waals surface area (Å²) >= 11 is 3.31. The van der Waals surface area contributed by atoms with E-state index < -0.39 is 0 Å². The number of nitrogens with one attached hydrogen (secondary N) is 1. The molecule has 0 saturated heterocycles. The van der Waals surface area contributed by atoms with E-state index in [-0.39, 0.29) is 17.7 Å². The molecule has 1 aliphatic carbocycles. The summed E-state index contributed by atoms with van der Waals surface area (Å²) in [4.78, 5) is 23.4. The summed E-state index contributed by atoms with van der Waals surface area (Å²) in [6.07, 6.45) is 7.08. The zero-order valence-corrected chi connectivity index (χ0v) is 12.2. The lowest BCUT2D eigenvalue weighted by Crippen LogP contribution is -2.31. The van der Waals surface area contributed by atoms with Gasteiger partial charge in [0, 0.05) is 22.2 Å². The van der Waals surface area contributed by atoms with Crippen LogP contribution in [0, 0.1) is 0 Å². The van der Waals surface area contributed by atoms with Gasteiger partial charge in [0.1, 0.15) is 0 Å². The number of allylic oxidation sites excluding steroid dienone is 1. The molecule has 0 aliphatic heterocycles. The highest BCUT2D eigenvalue weighted by molar-refractivity contribution is 9.10. The van der Waals surface area contributed by atoms with Crippen molar-refractivity contribution in [3.63, 3.8) is 0 Å². The standard InChI is InChI=1S/C15H16BrNO2/c16-12-7-5-11(6-8-12)14(18)9-10-15(19)17-13-3-1-2-4-13/h5-10,13H,1-4H2,(H,17,19)/b10-9+. The summed E-state index contributed by atoms with van der Waals surface area (Å²) in [5, 5.41) is 2.91. The van der Waals surface area contributed by atoms with E-state index in [1.54, 1.807) is 24.3 Å². The van der Waals surface area contributed by atoms with Gasteiger partial charge in [0.2, 0.25) is 5.91 Å². The molecule has 1 fully saturated rings. The van der Waals surface area contributed by atoms with Gasteiger partial charge in [-0.15, -0.1) is 0 Å². The van der Waals surface area contributed by atoms with E-state index in [0.717, 1.165) is 17.3 Å². The van der Waals surface area contributed by atoms with Gasteiger partial charge in [-0.3, -0.25) is 9.59 Å². The molecule has 0 bridgehead atoms. The molecule has 0 atom stereocenters. The highest BCUT2D eigenvalue weighted by Crippen LogP contribution is 2.17. The molecule has 1 aromatic rings. The van der Waals surface area contributed by atoms with Gasteiger partial charge in [-0.05, 0) is 43.2 Å². The molecule has 0 unspecified atom stereocenters. The first-order chi connectivity index (χ1) is 9.15. The Hall–Kier alpha value is -1.42. The van der Waals surface area contributed by atoms with Crippen LogP contribution in [0.4, 0.5) is 0 Å². The third-order valence-electron chi connectivity index (χ3n) is 3.22. The lowest BCUT2D eigenvalue weighted by atomic mass is 10.1. The third kappa shape index (κ3) is 4.31. The largest absolute Gasteiger partial charge is 0.350 e. The Kier molecular flexibility index (Phi) is 4.91. The number of amides is 1. The van der Waals surface area contributed by atoms with E-state index in [2.05, 4.69) is 21.2 Å². The number of benzene rings is 1. The zero-order chi connectivity index (χ0) is 13.7. The van der Waals surface area contributed by atoms with Crippen LogP contribution in [0.3, 0.4) is 0 Å². The van der Waals surface area contributed by atoms with E-state index in [1.165, 1.54) is 25.0 Å². The van der Waals surface area contributed by atoms with Gasteiger partial charge >= 0.3 is 0 Å². The smallest absolute Gasteiger partial charge is 0.244 e. The number of rotatable bonds is 4. The molecule has 2 rings (SSSR count). The molecule has 0 spiro atoms. The summed E-state index contributed by atoms with van der Waals surface area (Å²) in [5.41, 5.74) is 0.577. The maximum atomic E-state index is 11.8. The van der Waals surface area contributed by atoms with E-state index in [1.807, 2.05) is 0 Å². The lowest BCUT2D eigenvalue weighted by Gasteiger charge is -2.08. The second kappa shape index (κ2) is 6.66. The topological polar surface area (TPSA) is 46.2 Å². The molecule has 0 aromatic heterocycles. The van der Waals surface area contributed by atoms with Crippen molar-refractivity contribution in [2.75, 3.05) is 0 Å². The highest BCUT2D eigenvalue weighted by Gasteiger charge is 2.15. The summed E-state index contributed by atoms with van der Waals surface area (Å²) < 4.78 is 0.923. The molecular formula is C15H16BrNO2. The van der Waals surface area contributed by atoms with Gasteiger partial charge in [-0.2, -0.15) is 0 Å². The fourth-order valence-electron chi connectivity index (χ4n) is 2.18. The van der Waals surface area contributed by atoms with Crippen molar-refractivity contribution in [2.45, 2.75) is 31.7 Å². The third-order valence-corrected chi connectivity index (χ3v) is 3.75. The lowest BCUT2D eigenvalue weighted by molar-refractivity contribution is -0.117. The maximum absolute atomic E-state index is 11.8. The van der Waals surface area contributed by atoms with Crippen LogP contribution in [0.15, 0.2) is 40.9 Å². The van der Waals surface area contributed by atoms with Crippen molar-refractivity contribution >= 4 is 27.6 Å². The molecule has 4 heteroatoms. The van der Waals surface area contributed by atoms with Crippen molar-refractivity contribution < 1.29 is 9.59 Å². The fourth-order valence-corrected chi connectivity index (χ4v) is 2.45. The van der Waals surface area contributed by atoms with E-state index >= 15 is 0 Å². The highest BCUT2D eigenvalue weighted by atomic mass is 79.9. The monoisotopic (exact) mass is 321 g/mol. The van der Waals surface area contributed by atoms with Gasteiger partial charge in [0.15, 0.2) is 5.78 Å². The Balaban J connectivity index is 1.88. The van der Waals surface area contributed by atoms with Crippen LogP contribution >= 0.6 is 15.9 Å². The minimum atomic E-state index is -0.183. The summed E-state index contributed by atoms with van der Waals surface area (Å²) in [7, 11) is 0. The molecule has 0 radical (unpaired) electrons. The summed E-state index contributed by atoms with van der Waals surface area (Å²) in [5.74, 6) is -0.341. The molecule has 1 amide bonds. The quantitative estimate of drug-likeness (QED) is 0.683. The predicted octanol–water partition coefficient (Wildman–Crippen LogP) is 3.25. The van der Waals surface area contributed by atoms with Crippen LogP contribution in [-0.2, 0) is 4.79 Å². The minimum absolute atomic E-state index is 0.158. The number of halogens is 1. The molecule has 1 aliphatic rings. The number of hydrogen-bond donors (Lipinski definition) is 1. The van der Waals surface area contributed by atoms with E-state index in [4.69, 9.17) is 0 Å². The Labute approximate surface area is 121 Å². The van der Waals surface area contributed by atoms with Crippen LogP contribution in [0.1, 0.15) is 36.0 Å².